The van der Waals surface area contributed by atoms with Crippen molar-refractivity contribution in [3.8, 4) is 0 Å². The summed E-state index contributed by atoms with van der Waals surface area (Å²) in [5, 5.41) is 2.78. The summed E-state index contributed by atoms with van der Waals surface area (Å²) in [6.45, 7) is 3.26. The van der Waals surface area contributed by atoms with E-state index < -0.39 is 10.0 Å². The Bertz CT molecular complexity index is 875. The molecule has 132 valence electrons. The van der Waals surface area contributed by atoms with Crippen LogP contribution in [0.3, 0.4) is 0 Å². The van der Waals surface area contributed by atoms with Crippen LogP contribution in [0.25, 0.3) is 0 Å². The summed E-state index contributed by atoms with van der Waals surface area (Å²) in [7, 11) is -3.53. The quantitative estimate of drug-likeness (QED) is 0.887. The number of rotatable bonds is 5. The van der Waals surface area contributed by atoms with E-state index in [1.807, 2.05) is 25.1 Å². The second kappa shape index (κ2) is 7.33. The number of pyridine rings is 1. The second-order valence-corrected chi connectivity index (χ2v) is 8.03. The molecule has 1 fully saturated rings. The Morgan fingerprint density at radius 1 is 1.16 bits per heavy atom. The predicted octanol–water partition coefficient (Wildman–Crippen LogP) is 2.10. The van der Waals surface area contributed by atoms with Crippen LogP contribution in [0.2, 0.25) is 0 Å². The molecule has 1 aromatic heterocycles. The van der Waals surface area contributed by atoms with Crippen molar-refractivity contribution in [3.63, 3.8) is 0 Å². The van der Waals surface area contributed by atoms with E-state index in [0.717, 1.165) is 24.2 Å². The standard InChI is InChI=1S/C18H21N3O3S/c1-14-6-4-8-16(20-14)13-19-18(22)15-7-5-9-17(12-15)25(23,24)21-10-2-3-11-21/h4-9,12H,2-3,10-11,13H2,1H3,(H,19,22). The molecule has 0 bridgehead atoms. The maximum absolute atomic E-state index is 12.6. The lowest BCUT2D eigenvalue weighted by atomic mass is 10.2. The number of aryl methyl sites for hydroxylation is 1. The van der Waals surface area contributed by atoms with Gasteiger partial charge in [-0.05, 0) is 50.1 Å². The van der Waals surface area contributed by atoms with Gasteiger partial charge >= 0.3 is 0 Å². The van der Waals surface area contributed by atoms with Crippen molar-refractivity contribution in [2.24, 2.45) is 0 Å². The summed E-state index contributed by atoms with van der Waals surface area (Å²) in [5.74, 6) is -0.318. The van der Waals surface area contributed by atoms with E-state index in [2.05, 4.69) is 10.3 Å². The van der Waals surface area contributed by atoms with Crippen molar-refractivity contribution >= 4 is 15.9 Å². The minimum absolute atomic E-state index is 0.163. The number of benzene rings is 1. The highest BCUT2D eigenvalue weighted by molar-refractivity contribution is 7.89. The average molecular weight is 359 g/mol. The first-order valence-corrected chi connectivity index (χ1v) is 9.72. The zero-order valence-corrected chi connectivity index (χ0v) is 14.9. The molecule has 0 aliphatic carbocycles. The maximum Gasteiger partial charge on any atom is 0.251 e. The lowest BCUT2D eigenvalue weighted by Crippen LogP contribution is -2.28. The summed E-state index contributed by atoms with van der Waals surface area (Å²) in [5.41, 5.74) is 1.97. The Morgan fingerprint density at radius 2 is 1.88 bits per heavy atom. The van der Waals surface area contributed by atoms with Crippen LogP contribution in [0.4, 0.5) is 0 Å². The molecule has 0 saturated carbocycles. The van der Waals surface area contributed by atoms with Crippen LogP contribution in [0.15, 0.2) is 47.4 Å². The molecule has 1 aliphatic heterocycles. The maximum atomic E-state index is 12.6. The molecule has 0 atom stereocenters. The first kappa shape index (κ1) is 17.6. The molecule has 1 aromatic carbocycles. The molecule has 25 heavy (non-hydrogen) atoms. The Balaban J connectivity index is 1.73. The highest BCUT2D eigenvalue weighted by Gasteiger charge is 2.27. The first-order chi connectivity index (χ1) is 12.0. The number of carbonyl (C=O) groups excluding carboxylic acids is 1. The van der Waals surface area contributed by atoms with Crippen molar-refractivity contribution in [3.05, 3.63) is 59.4 Å². The van der Waals surface area contributed by atoms with E-state index in [1.54, 1.807) is 12.1 Å². The van der Waals surface area contributed by atoms with E-state index in [4.69, 9.17) is 0 Å². The third-order valence-electron chi connectivity index (χ3n) is 4.18. The summed E-state index contributed by atoms with van der Waals surface area (Å²) in [4.78, 5) is 16.8. The van der Waals surface area contributed by atoms with Gasteiger partial charge in [0, 0.05) is 24.3 Å². The molecule has 6 nitrogen and oxygen atoms in total. The van der Waals surface area contributed by atoms with Gasteiger partial charge in [0.15, 0.2) is 0 Å². The number of hydrogen-bond donors (Lipinski definition) is 1. The van der Waals surface area contributed by atoms with Crippen LogP contribution in [0.1, 0.15) is 34.6 Å². The van der Waals surface area contributed by atoms with Gasteiger partial charge in [-0.1, -0.05) is 12.1 Å². The van der Waals surface area contributed by atoms with Gasteiger partial charge in [-0.2, -0.15) is 4.31 Å². The SMILES string of the molecule is Cc1cccc(CNC(=O)c2cccc(S(=O)(=O)N3CCCC3)c2)n1. The van der Waals surface area contributed by atoms with Gasteiger partial charge in [-0.15, -0.1) is 0 Å². The molecule has 1 aliphatic rings. The topological polar surface area (TPSA) is 79.4 Å². The number of nitrogens with one attached hydrogen (secondary N) is 1. The zero-order valence-electron chi connectivity index (χ0n) is 14.1. The van der Waals surface area contributed by atoms with Crippen molar-refractivity contribution in [1.82, 2.24) is 14.6 Å². The normalized spacial score (nSPS) is 15.2. The van der Waals surface area contributed by atoms with Crippen LogP contribution < -0.4 is 5.32 Å². The smallest absolute Gasteiger partial charge is 0.251 e. The van der Waals surface area contributed by atoms with E-state index >= 15 is 0 Å². The summed E-state index contributed by atoms with van der Waals surface area (Å²) >= 11 is 0. The molecular formula is C18H21N3O3S. The zero-order chi connectivity index (χ0) is 17.9. The van der Waals surface area contributed by atoms with E-state index in [0.29, 0.717) is 25.2 Å². The third kappa shape index (κ3) is 4.05. The monoisotopic (exact) mass is 359 g/mol. The summed E-state index contributed by atoms with van der Waals surface area (Å²) in [6, 6.07) is 11.8. The van der Waals surface area contributed by atoms with Crippen LogP contribution in [-0.4, -0.2) is 36.7 Å². The third-order valence-corrected chi connectivity index (χ3v) is 6.07. The van der Waals surface area contributed by atoms with E-state index in [9.17, 15) is 13.2 Å². The Morgan fingerprint density at radius 3 is 2.60 bits per heavy atom. The van der Waals surface area contributed by atoms with Gasteiger partial charge in [-0.25, -0.2) is 8.42 Å². The molecule has 2 aromatic rings. The van der Waals surface area contributed by atoms with Crippen LogP contribution in [0, 0.1) is 6.92 Å². The van der Waals surface area contributed by atoms with Gasteiger partial charge in [0.25, 0.3) is 5.91 Å². The molecule has 0 spiro atoms. The highest BCUT2D eigenvalue weighted by Crippen LogP contribution is 2.21. The number of hydrogen-bond acceptors (Lipinski definition) is 4. The molecule has 2 heterocycles. The van der Waals surface area contributed by atoms with Crippen LogP contribution in [0.5, 0.6) is 0 Å². The largest absolute Gasteiger partial charge is 0.346 e. The number of nitrogens with zero attached hydrogens (tertiary/aromatic N) is 2. The highest BCUT2D eigenvalue weighted by atomic mass is 32.2. The first-order valence-electron chi connectivity index (χ1n) is 8.28. The van der Waals surface area contributed by atoms with Gasteiger partial charge < -0.3 is 5.32 Å². The van der Waals surface area contributed by atoms with Crippen LogP contribution >= 0.6 is 0 Å². The molecule has 0 radical (unpaired) electrons. The fourth-order valence-corrected chi connectivity index (χ4v) is 4.41. The van der Waals surface area contributed by atoms with Gasteiger partial charge in [0.05, 0.1) is 17.1 Å². The molecular weight excluding hydrogens is 338 g/mol. The fraction of sp³-hybridized carbons (Fsp3) is 0.333. The van der Waals surface area contributed by atoms with Gasteiger partial charge in [0.2, 0.25) is 10.0 Å². The predicted molar refractivity (Wildman–Crippen MR) is 94.6 cm³/mol. The molecule has 1 saturated heterocycles. The molecule has 1 N–H and O–H groups in total. The molecule has 0 unspecified atom stereocenters. The Hall–Kier alpha value is -2.25. The van der Waals surface area contributed by atoms with E-state index in [1.165, 1.54) is 16.4 Å². The van der Waals surface area contributed by atoms with Gasteiger partial charge in [0.1, 0.15) is 0 Å². The fourth-order valence-electron chi connectivity index (χ4n) is 2.85. The second-order valence-electron chi connectivity index (χ2n) is 6.09. The Kier molecular flexibility index (Phi) is 5.15. The van der Waals surface area contributed by atoms with Gasteiger partial charge in [-0.3, -0.25) is 9.78 Å². The van der Waals surface area contributed by atoms with Crippen LogP contribution in [-0.2, 0) is 16.6 Å². The van der Waals surface area contributed by atoms with Crippen molar-refractivity contribution < 1.29 is 13.2 Å². The van der Waals surface area contributed by atoms with Crippen molar-refractivity contribution in [2.75, 3.05) is 13.1 Å². The van der Waals surface area contributed by atoms with Crippen molar-refractivity contribution in [1.29, 1.82) is 0 Å². The summed E-state index contributed by atoms with van der Waals surface area (Å²) in [6.07, 6.45) is 1.76. The lowest BCUT2D eigenvalue weighted by Gasteiger charge is -2.16. The molecule has 7 heteroatoms. The minimum Gasteiger partial charge on any atom is -0.346 e. The molecule has 1 amide bonds. The number of amides is 1. The minimum atomic E-state index is -3.53. The lowest BCUT2D eigenvalue weighted by molar-refractivity contribution is 0.0950. The summed E-state index contributed by atoms with van der Waals surface area (Å²) < 4.78 is 26.7. The van der Waals surface area contributed by atoms with E-state index in [-0.39, 0.29) is 10.8 Å². The average Bonchev–Trinajstić information content (AvgIpc) is 3.15. The number of carbonyl (C=O) groups is 1. The molecule has 3 rings (SSSR count). The van der Waals surface area contributed by atoms with Crippen molar-refractivity contribution in [2.45, 2.75) is 31.2 Å². The number of sulfonamides is 1. The Labute approximate surface area is 147 Å². The number of aromatic nitrogens is 1.